The van der Waals surface area contributed by atoms with Crippen molar-refractivity contribution in [1.29, 1.82) is 5.41 Å². The van der Waals surface area contributed by atoms with Gasteiger partial charge in [0.1, 0.15) is 12.0 Å². The third kappa shape index (κ3) is 5.72. The lowest BCUT2D eigenvalue weighted by atomic mass is 9.80. The SMILES string of the molecule is CCN(CC=O)C(=O)CC1CCCc2cc(OC(=O)c3ccc(NC(=N)N)cc3)ccc21. The van der Waals surface area contributed by atoms with Gasteiger partial charge in [-0.25, -0.2) is 4.79 Å². The fraction of sp³-hybridized carbons (Fsp3) is 0.333. The molecule has 0 aromatic heterocycles. The van der Waals surface area contributed by atoms with E-state index < -0.39 is 5.97 Å². The van der Waals surface area contributed by atoms with Gasteiger partial charge >= 0.3 is 5.97 Å². The smallest absolute Gasteiger partial charge is 0.343 e. The number of likely N-dealkylation sites (N-methyl/N-ethyl adjacent to an activating group) is 1. The Morgan fingerprint density at radius 1 is 1.25 bits per heavy atom. The topological polar surface area (TPSA) is 126 Å². The zero-order chi connectivity index (χ0) is 23.1. The lowest BCUT2D eigenvalue weighted by Crippen LogP contribution is -2.33. The number of esters is 1. The van der Waals surface area contributed by atoms with Gasteiger partial charge in [0.15, 0.2) is 5.96 Å². The van der Waals surface area contributed by atoms with Crippen LogP contribution in [0.3, 0.4) is 0 Å². The number of benzene rings is 2. The highest BCUT2D eigenvalue weighted by Gasteiger charge is 2.25. The van der Waals surface area contributed by atoms with E-state index in [0.717, 1.165) is 36.7 Å². The number of nitrogens with two attached hydrogens (primary N) is 1. The molecule has 2 aromatic rings. The molecule has 0 aliphatic heterocycles. The number of carbonyl (C=O) groups is 3. The van der Waals surface area contributed by atoms with E-state index in [9.17, 15) is 14.4 Å². The zero-order valence-electron chi connectivity index (χ0n) is 18.1. The average Bonchev–Trinajstić information content (AvgIpc) is 2.77. The van der Waals surface area contributed by atoms with Gasteiger partial charge in [-0.2, -0.15) is 0 Å². The largest absolute Gasteiger partial charge is 0.423 e. The van der Waals surface area contributed by atoms with Crippen molar-refractivity contribution in [2.24, 2.45) is 5.73 Å². The first kappa shape index (κ1) is 23.0. The molecule has 0 heterocycles. The van der Waals surface area contributed by atoms with Crippen LogP contribution in [-0.4, -0.2) is 42.1 Å². The first-order valence-corrected chi connectivity index (χ1v) is 10.7. The predicted molar refractivity (Wildman–Crippen MR) is 122 cm³/mol. The minimum atomic E-state index is -0.477. The van der Waals surface area contributed by atoms with E-state index in [1.54, 1.807) is 35.2 Å². The molecule has 0 radical (unpaired) electrons. The van der Waals surface area contributed by atoms with Gasteiger partial charge in [0.2, 0.25) is 5.91 Å². The molecule has 32 heavy (non-hydrogen) atoms. The van der Waals surface area contributed by atoms with Crippen LogP contribution in [-0.2, 0) is 16.0 Å². The molecule has 4 N–H and O–H groups in total. The molecule has 8 nitrogen and oxygen atoms in total. The number of hydrogen-bond acceptors (Lipinski definition) is 5. The fourth-order valence-electron chi connectivity index (χ4n) is 4.02. The molecule has 0 fully saturated rings. The van der Waals surface area contributed by atoms with Crippen molar-refractivity contribution in [3.63, 3.8) is 0 Å². The number of rotatable bonds is 8. The Bertz CT molecular complexity index is 1000. The van der Waals surface area contributed by atoms with Gasteiger partial charge in [0.25, 0.3) is 0 Å². The van der Waals surface area contributed by atoms with Crippen LogP contribution in [0.15, 0.2) is 42.5 Å². The fourth-order valence-corrected chi connectivity index (χ4v) is 4.02. The van der Waals surface area contributed by atoms with E-state index in [-0.39, 0.29) is 24.3 Å². The number of nitrogens with zero attached hydrogens (tertiary/aromatic N) is 1. The lowest BCUT2D eigenvalue weighted by Gasteiger charge is -2.27. The number of nitrogens with one attached hydrogen (secondary N) is 2. The van der Waals surface area contributed by atoms with Crippen LogP contribution in [0.25, 0.3) is 0 Å². The maximum Gasteiger partial charge on any atom is 0.343 e. The number of hydrogen-bond donors (Lipinski definition) is 3. The van der Waals surface area contributed by atoms with E-state index in [1.165, 1.54) is 0 Å². The molecule has 1 atom stereocenters. The first-order valence-electron chi connectivity index (χ1n) is 10.7. The molecule has 3 rings (SSSR count). The monoisotopic (exact) mass is 436 g/mol. The second-order valence-corrected chi connectivity index (χ2v) is 7.76. The van der Waals surface area contributed by atoms with Gasteiger partial charge in [-0.3, -0.25) is 10.2 Å². The lowest BCUT2D eigenvalue weighted by molar-refractivity contribution is -0.133. The summed E-state index contributed by atoms with van der Waals surface area (Å²) >= 11 is 0. The molecular weight excluding hydrogens is 408 g/mol. The van der Waals surface area contributed by atoms with E-state index in [1.807, 2.05) is 19.1 Å². The number of carbonyl (C=O) groups excluding carboxylic acids is 3. The molecule has 1 aliphatic carbocycles. The minimum absolute atomic E-state index is 0.0179. The molecule has 1 amide bonds. The molecule has 0 spiro atoms. The second kappa shape index (κ2) is 10.6. The number of fused-ring (bicyclic) bond motifs is 1. The van der Waals surface area contributed by atoms with Gasteiger partial charge in [-0.1, -0.05) is 6.07 Å². The van der Waals surface area contributed by atoms with Gasteiger partial charge < -0.3 is 25.5 Å². The second-order valence-electron chi connectivity index (χ2n) is 7.76. The maximum atomic E-state index is 12.6. The summed E-state index contributed by atoms with van der Waals surface area (Å²) in [5.74, 6) is -0.119. The molecule has 8 heteroatoms. The molecule has 2 aromatic carbocycles. The summed E-state index contributed by atoms with van der Waals surface area (Å²) in [5, 5.41) is 9.89. The van der Waals surface area contributed by atoms with Gasteiger partial charge in [-0.05, 0) is 79.6 Å². The number of aryl methyl sites for hydroxylation is 1. The normalized spacial score (nSPS) is 14.7. The van der Waals surface area contributed by atoms with Crippen LogP contribution in [0, 0.1) is 5.41 Å². The van der Waals surface area contributed by atoms with Crippen LogP contribution in [0.5, 0.6) is 5.75 Å². The van der Waals surface area contributed by atoms with Crippen LogP contribution in [0.1, 0.15) is 53.6 Å². The molecule has 168 valence electrons. The van der Waals surface area contributed by atoms with Crippen molar-refractivity contribution in [1.82, 2.24) is 4.90 Å². The highest BCUT2D eigenvalue weighted by Crippen LogP contribution is 2.36. The molecular formula is C24H28N4O4. The Labute approximate surface area is 187 Å². The van der Waals surface area contributed by atoms with Crippen molar-refractivity contribution >= 4 is 29.8 Å². The van der Waals surface area contributed by atoms with Crippen molar-refractivity contribution < 1.29 is 19.1 Å². The highest BCUT2D eigenvalue weighted by atomic mass is 16.5. The average molecular weight is 437 g/mol. The molecule has 1 unspecified atom stereocenters. The Balaban J connectivity index is 1.68. The van der Waals surface area contributed by atoms with Gasteiger partial charge in [0.05, 0.1) is 12.1 Å². The number of guanidine groups is 1. The number of anilines is 1. The Morgan fingerprint density at radius 2 is 2.00 bits per heavy atom. The van der Waals surface area contributed by atoms with Crippen LogP contribution >= 0.6 is 0 Å². The highest BCUT2D eigenvalue weighted by molar-refractivity contribution is 5.93. The summed E-state index contributed by atoms with van der Waals surface area (Å²) in [5.41, 5.74) is 8.48. The summed E-state index contributed by atoms with van der Waals surface area (Å²) in [6, 6.07) is 12.1. The summed E-state index contributed by atoms with van der Waals surface area (Å²) in [6.45, 7) is 2.50. The van der Waals surface area contributed by atoms with Crippen LogP contribution in [0.2, 0.25) is 0 Å². The van der Waals surface area contributed by atoms with Gasteiger partial charge in [0, 0.05) is 18.7 Å². The summed E-state index contributed by atoms with van der Waals surface area (Å²) < 4.78 is 5.55. The van der Waals surface area contributed by atoms with Crippen LogP contribution in [0.4, 0.5) is 5.69 Å². The third-order valence-corrected chi connectivity index (χ3v) is 5.61. The minimum Gasteiger partial charge on any atom is -0.423 e. The Kier molecular flexibility index (Phi) is 7.59. The quantitative estimate of drug-likeness (QED) is 0.192. The maximum absolute atomic E-state index is 12.6. The van der Waals surface area contributed by atoms with E-state index in [0.29, 0.717) is 30.0 Å². The zero-order valence-corrected chi connectivity index (χ0v) is 18.1. The predicted octanol–water partition coefficient (Wildman–Crippen LogP) is 3.07. The first-order chi connectivity index (χ1) is 15.4. The third-order valence-electron chi connectivity index (χ3n) is 5.61. The molecule has 0 saturated heterocycles. The summed E-state index contributed by atoms with van der Waals surface area (Å²) in [4.78, 5) is 37.4. The van der Waals surface area contributed by atoms with E-state index >= 15 is 0 Å². The standard InChI is InChI=1S/C24H28N4O4/c1-2-28(12-13-29)22(30)15-18-5-3-4-17-14-20(10-11-21(17)18)32-23(31)16-6-8-19(9-7-16)27-24(25)26/h6-11,13-14,18H,2-5,12,15H2,1H3,(H4,25,26,27). The van der Waals surface area contributed by atoms with Crippen molar-refractivity contribution in [3.05, 3.63) is 59.2 Å². The Morgan fingerprint density at radius 3 is 2.66 bits per heavy atom. The van der Waals surface area contributed by atoms with Crippen molar-refractivity contribution in [2.45, 2.75) is 38.5 Å². The number of amides is 1. The molecule has 0 bridgehead atoms. The van der Waals surface area contributed by atoms with E-state index in [4.69, 9.17) is 15.9 Å². The van der Waals surface area contributed by atoms with Gasteiger partial charge in [-0.15, -0.1) is 0 Å². The Hall–Kier alpha value is -3.68. The van der Waals surface area contributed by atoms with Crippen molar-refractivity contribution in [3.8, 4) is 5.75 Å². The van der Waals surface area contributed by atoms with Crippen LogP contribution < -0.4 is 15.8 Å². The summed E-state index contributed by atoms with van der Waals surface area (Å²) in [6.07, 6.45) is 3.85. The number of aldehydes is 1. The summed E-state index contributed by atoms with van der Waals surface area (Å²) in [7, 11) is 0. The molecule has 1 aliphatic rings. The van der Waals surface area contributed by atoms with E-state index in [2.05, 4.69) is 5.32 Å². The molecule has 0 saturated carbocycles. The van der Waals surface area contributed by atoms with Crippen molar-refractivity contribution in [2.75, 3.05) is 18.4 Å². The number of ether oxygens (including phenoxy) is 1.